The van der Waals surface area contributed by atoms with Gasteiger partial charge in [-0.25, -0.2) is 0 Å². The highest BCUT2D eigenvalue weighted by atomic mass is 35.5. The molecule has 0 saturated heterocycles. The number of rotatable bonds is 4. The van der Waals surface area contributed by atoms with E-state index < -0.39 is 23.6 Å². The summed E-state index contributed by atoms with van der Waals surface area (Å²) in [5, 5.41) is 5.13. The van der Waals surface area contributed by atoms with Crippen molar-refractivity contribution >= 4 is 29.1 Å². The molecule has 0 unspecified atom stereocenters. The fourth-order valence-corrected chi connectivity index (χ4v) is 1.97. The normalized spacial score (nSPS) is 11.0. The molecule has 0 aliphatic carbocycles. The Morgan fingerprint density at radius 2 is 1.71 bits per heavy atom. The maximum absolute atomic E-state index is 12.6. The first-order chi connectivity index (χ1) is 11.3. The van der Waals surface area contributed by atoms with Crippen molar-refractivity contribution in [1.82, 2.24) is 5.32 Å². The molecule has 4 nitrogen and oxygen atoms in total. The third-order valence-electron chi connectivity index (χ3n) is 2.99. The second kappa shape index (κ2) is 7.35. The molecule has 0 aromatic heterocycles. The number of anilines is 1. The van der Waals surface area contributed by atoms with Crippen LogP contribution in [0.25, 0.3) is 0 Å². The molecule has 2 N–H and O–H groups in total. The first-order valence-electron chi connectivity index (χ1n) is 6.76. The van der Waals surface area contributed by atoms with Crippen LogP contribution in [0.5, 0.6) is 0 Å². The maximum Gasteiger partial charge on any atom is 0.416 e. The van der Waals surface area contributed by atoms with E-state index in [0.29, 0.717) is 10.6 Å². The third kappa shape index (κ3) is 4.99. The molecule has 0 radical (unpaired) electrons. The zero-order chi connectivity index (χ0) is 17.7. The average Bonchev–Trinajstić information content (AvgIpc) is 2.53. The molecular weight excluding hydrogens is 345 g/mol. The quantitative estimate of drug-likeness (QED) is 0.877. The summed E-state index contributed by atoms with van der Waals surface area (Å²) in [5.74, 6) is -1.14. The maximum atomic E-state index is 12.6. The molecule has 2 aromatic carbocycles. The van der Waals surface area contributed by atoms with E-state index in [-0.39, 0.29) is 12.2 Å². The molecule has 2 rings (SSSR count). The number of carbonyl (C=O) groups excluding carboxylic acids is 2. The number of hydrogen-bond donors (Lipinski definition) is 2. The molecule has 0 heterocycles. The zero-order valence-corrected chi connectivity index (χ0v) is 12.9. The van der Waals surface area contributed by atoms with E-state index in [4.69, 9.17) is 11.6 Å². The number of benzene rings is 2. The Balaban J connectivity index is 1.92. The van der Waals surface area contributed by atoms with Gasteiger partial charge in [0, 0.05) is 16.3 Å². The van der Waals surface area contributed by atoms with E-state index in [2.05, 4.69) is 10.6 Å². The average molecular weight is 357 g/mol. The lowest BCUT2D eigenvalue weighted by Gasteiger charge is -2.10. The molecule has 0 aliphatic heterocycles. The third-order valence-corrected chi connectivity index (χ3v) is 3.24. The van der Waals surface area contributed by atoms with Gasteiger partial charge in [-0.1, -0.05) is 17.7 Å². The van der Waals surface area contributed by atoms with Gasteiger partial charge in [-0.05, 0) is 42.5 Å². The largest absolute Gasteiger partial charge is 0.416 e. The fourth-order valence-electron chi connectivity index (χ4n) is 1.84. The number of nitrogens with one attached hydrogen (secondary N) is 2. The monoisotopic (exact) mass is 356 g/mol. The van der Waals surface area contributed by atoms with Crippen LogP contribution < -0.4 is 10.6 Å². The van der Waals surface area contributed by atoms with E-state index in [1.54, 1.807) is 0 Å². The first-order valence-corrected chi connectivity index (χ1v) is 7.14. The Morgan fingerprint density at radius 3 is 2.33 bits per heavy atom. The van der Waals surface area contributed by atoms with Crippen LogP contribution in [0.15, 0.2) is 48.5 Å². The van der Waals surface area contributed by atoms with Crippen molar-refractivity contribution < 1.29 is 22.8 Å². The van der Waals surface area contributed by atoms with Crippen LogP contribution in [0.1, 0.15) is 15.9 Å². The summed E-state index contributed by atoms with van der Waals surface area (Å²) in [6, 6.07) is 10.3. The molecule has 2 aromatic rings. The van der Waals surface area contributed by atoms with Crippen LogP contribution >= 0.6 is 11.6 Å². The van der Waals surface area contributed by atoms with Crippen molar-refractivity contribution in [1.29, 1.82) is 0 Å². The Hall–Kier alpha value is -2.54. The van der Waals surface area contributed by atoms with E-state index >= 15 is 0 Å². The second-order valence-corrected chi connectivity index (χ2v) is 5.25. The van der Waals surface area contributed by atoms with Gasteiger partial charge in [0.25, 0.3) is 5.91 Å². The molecular formula is C16H12ClF3N2O2. The van der Waals surface area contributed by atoms with Gasteiger partial charge in [0.05, 0.1) is 12.1 Å². The van der Waals surface area contributed by atoms with Crippen molar-refractivity contribution in [3.63, 3.8) is 0 Å². The summed E-state index contributed by atoms with van der Waals surface area (Å²) >= 11 is 5.70. The Bertz CT molecular complexity index is 746. The van der Waals surface area contributed by atoms with E-state index in [1.807, 2.05) is 0 Å². The molecule has 0 aliphatic rings. The molecule has 0 saturated carbocycles. The summed E-state index contributed by atoms with van der Waals surface area (Å²) in [5.41, 5.74) is -0.563. The van der Waals surface area contributed by atoms with Crippen LogP contribution in [0.4, 0.5) is 18.9 Å². The van der Waals surface area contributed by atoms with Gasteiger partial charge in [0.15, 0.2) is 0 Å². The Kier molecular flexibility index (Phi) is 5.46. The number of alkyl halides is 3. The number of carbonyl (C=O) groups is 2. The Morgan fingerprint density at radius 1 is 1.04 bits per heavy atom. The number of halogens is 4. The molecule has 0 bridgehead atoms. The number of hydrogen-bond acceptors (Lipinski definition) is 2. The number of amides is 2. The standard InChI is InChI=1S/C16H12ClF3N2O2/c17-12-6-4-10(5-7-12)15(24)21-9-14(23)22-13-3-1-2-11(8-13)16(18,19)20/h1-8H,9H2,(H,21,24)(H,22,23). The van der Waals surface area contributed by atoms with Crippen molar-refractivity contribution in [3.05, 3.63) is 64.7 Å². The van der Waals surface area contributed by atoms with Gasteiger partial charge in [-0.3, -0.25) is 9.59 Å². The molecule has 24 heavy (non-hydrogen) atoms. The van der Waals surface area contributed by atoms with Gasteiger partial charge in [0.1, 0.15) is 0 Å². The minimum atomic E-state index is -4.50. The van der Waals surface area contributed by atoms with Crippen LogP contribution in [0, 0.1) is 0 Å². The summed E-state index contributed by atoms with van der Waals surface area (Å²) in [4.78, 5) is 23.6. The highest BCUT2D eigenvalue weighted by Crippen LogP contribution is 2.30. The van der Waals surface area contributed by atoms with Gasteiger partial charge in [-0.15, -0.1) is 0 Å². The van der Waals surface area contributed by atoms with E-state index in [0.717, 1.165) is 12.1 Å². The fraction of sp³-hybridized carbons (Fsp3) is 0.125. The van der Waals surface area contributed by atoms with Gasteiger partial charge in [-0.2, -0.15) is 13.2 Å². The first kappa shape index (κ1) is 17.8. The predicted molar refractivity (Wildman–Crippen MR) is 83.9 cm³/mol. The molecule has 2 amide bonds. The van der Waals surface area contributed by atoms with Crippen LogP contribution in [0.2, 0.25) is 5.02 Å². The molecule has 0 atom stereocenters. The molecule has 8 heteroatoms. The lowest BCUT2D eigenvalue weighted by molar-refractivity contribution is -0.137. The van der Waals surface area contributed by atoms with Crippen molar-refractivity contribution in [3.8, 4) is 0 Å². The highest BCUT2D eigenvalue weighted by molar-refractivity contribution is 6.30. The molecule has 126 valence electrons. The van der Waals surface area contributed by atoms with Crippen molar-refractivity contribution in [2.24, 2.45) is 0 Å². The minimum Gasteiger partial charge on any atom is -0.343 e. The summed E-state index contributed by atoms with van der Waals surface area (Å²) in [6.45, 7) is -0.377. The van der Waals surface area contributed by atoms with Crippen LogP contribution in [-0.4, -0.2) is 18.4 Å². The van der Waals surface area contributed by atoms with Crippen LogP contribution in [0.3, 0.4) is 0 Å². The smallest absolute Gasteiger partial charge is 0.343 e. The zero-order valence-electron chi connectivity index (χ0n) is 12.2. The summed E-state index contributed by atoms with van der Waals surface area (Å²) < 4.78 is 37.8. The minimum absolute atomic E-state index is 0.00410. The topological polar surface area (TPSA) is 58.2 Å². The van der Waals surface area contributed by atoms with Gasteiger partial charge >= 0.3 is 6.18 Å². The van der Waals surface area contributed by atoms with Gasteiger partial charge in [0.2, 0.25) is 5.91 Å². The summed E-state index contributed by atoms with van der Waals surface area (Å²) in [6.07, 6.45) is -4.50. The SMILES string of the molecule is O=C(CNC(=O)c1ccc(Cl)cc1)Nc1cccc(C(F)(F)F)c1. The van der Waals surface area contributed by atoms with E-state index in [9.17, 15) is 22.8 Å². The van der Waals surface area contributed by atoms with Crippen molar-refractivity contribution in [2.45, 2.75) is 6.18 Å². The predicted octanol–water partition coefficient (Wildman–Crippen LogP) is 3.73. The highest BCUT2D eigenvalue weighted by Gasteiger charge is 2.30. The van der Waals surface area contributed by atoms with Crippen LogP contribution in [-0.2, 0) is 11.0 Å². The summed E-state index contributed by atoms with van der Waals surface area (Å²) in [7, 11) is 0. The Labute approximate surface area is 140 Å². The lowest BCUT2D eigenvalue weighted by atomic mass is 10.2. The van der Waals surface area contributed by atoms with E-state index in [1.165, 1.54) is 36.4 Å². The van der Waals surface area contributed by atoms with Gasteiger partial charge < -0.3 is 10.6 Å². The second-order valence-electron chi connectivity index (χ2n) is 4.82. The lowest BCUT2D eigenvalue weighted by Crippen LogP contribution is -2.32. The molecule has 0 fully saturated rings. The molecule has 0 spiro atoms. The van der Waals surface area contributed by atoms with Crippen molar-refractivity contribution in [2.75, 3.05) is 11.9 Å².